The van der Waals surface area contributed by atoms with Gasteiger partial charge in [0.25, 0.3) is 0 Å². The van der Waals surface area contributed by atoms with Crippen molar-refractivity contribution in [2.75, 3.05) is 24.5 Å². The highest BCUT2D eigenvalue weighted by Crippen LogP contribution is 2.41. The first-order valence-corrected chi connectivity index (χ1v) is 9.17. The number of carbonyl (C=O) groups excluding carboxylic acids is 2. The second kappa shape index (κ2) is 7.02. The lowest BCUT2D eigenvalue weighted by molar-refractivity contribution is -0.117. The minimum Gasteiger partial charge on any atom is -0.334 e. The molecule has 1 spiro atoms. The maximum atomic E-state index is 13.5. The van der Waals surface area contributed by atoms with E-state index in [-0.39, 0.29) is 23.2 Å². The van der Waals surface area contributed by atoms with Gasteiger partial charge in [-0.25, -0.2) is 9.18 Å². The molecule has 140 valence electrons. The molecule has 1 N–H and O–H groups in total. The number of urea groups is 1. The highest BCUT2D eigenvalue weighted by atomic mass is 19.1. The molecule has 0 radical (unpaired) electrons. The van der Waals surface area contributed by atoms with E-state index in [2.05, 4.69) is 5.32 Å². The number of nitrogens with one attached hydrogen (secondary N) is 1. The molecule has 2 aromatic rings. The monoisotopic (exact) mass is 367 g/mol. The summed E-state index contributed by atoms with van der Waals surface area (Å²) >= 11 is 0. The Hall–Kier alpha value is -2.89. The predicted octanol–water partition coefficient (Wildman–Crippen LogP) is 3.16. The van der Waals surface area contributed by atoms with Crippen LogP contribution in [0.25, 0.3) is 0 Å². The highest BCUT2D eigenvalue weighted by Gasteiger charge is 2.48. The lowest BCUT2D eigenvalue weighted by atomic mass is 9.86. The Balaban J connectivity index is 1.38. The first-order chi connectivity index (χ1) is 13.0. The molecule has 2 aliphatic rings. The summed E-state index contributed by atoms with van der Waals surface area (Å²) in [6, 6.07) is 15.8. The number of carbonyl (C=O) groups is 2. The van der Waals surface area contributed by atoms with Crippen LogP contribution in [0.15, 0.2) is 54.6 Å². The summed E-state index contributed by atoms with van der Waals surface area (Å²) in [5.74, 6) is -0.360. The zero-order valence-electron chi connectivity index (χ0n) is 15.0. The van der Waals surface area contributed by atoms with Gasteiger partial charge in [-0.05, 0) is 30.2 Å². The van der Waals surface area contributed by atoms with Crippen LogP contribution in [-0.4, -0.2) is 36.5 Å². The first kappa shape index (κ1) is 17.5. The summed E-state index contributed by atoms with van der Waals surface area (Å²) in [5.41, 5.74) is 1.39. The topological polar surface area (TPSA) is 52.7 Å². The summed E-state index contributed by atoms with van der Waals surface area (Å²) in [6.45, 7) is 2.19. The largest absolute Gasteiger partial charge is 0.334 e. The van der Waals surface area contributed by atoms with Gasteiger partial charge in [0, 0.05) is 43.7 Å². The van der Waals surface area contributed by atoms with E-state index in [1.807, 2.05) is 30.3 Å². The van der Waals surface area contributed by atoms with Crippen molar-refractivity contribution in [3.63, 3.8) is 0 Å². The van der Waals surface area contributed by atoms with Crippen molar-refractivity contribution in [2.24, 2.45) is 5.41 Å². The number of hydrogen-bond acceptors (Lipinski definition) is 2. The Morgan fingerprint density at radius 1 is 1.11 bits per heavy atom. The third kappa shape index (κ3) is 3.65. The minimum atomic E-state index is -0.352. The number of benzene rings is 2. The van der Waals surface area contributed by atoms with Crippen LogP contribution < -0.4 is 10.2 Å². The summed E-state index contributed by atoms with van der Waals surface area (Å²) in [4.78, 5) is 28.5. The maximum Gasteiger partial charge on any atom is 0.317 e. The summed E-state index contributed by atoms with van der Waals surface area (Å²) in [7, 11) is 0. The van der Waals surface area contributed by atoms with Gasteiger partial charge in [-0.15, -0.1) is 0 Å². The molecule has 2 fully saturated rings. The number of nitrogens with zero attached hydrogens (tertiary/aromatic N) is 2. The smallest absolute Gasteiger partial charge is 0.317 e. The number of hydrogen-bond donors (Lipinski definition) is 1. The van der Waals surface area contributed by atoms with Gasteiger partial charge in [-0.2, -0.15) is 0 Å². The second-order valence-corrected chi connectivity index (χ2v) is 7.45. The van der Waals surface area contributed by atoms with Gasteiger partial charge in [-0.3, -0.25) is 4.79 Å². The molecule has 5 nitrogen and oxygen atoms in total. The van der Waals surface area contributed by atoms with Crippen LogP contribution in [0.5, 0.6) is 0 Å². The van der Waals surface area contributed by atoms with E-state index in [0.717, 1.165) is 12.0 Å². The van der Waals surface area contributed by atoms with E-state index >= 15 is 0 Å². The molecule has 1 atom stereocenters. The lowest BCUT2D eigenvalue weighted by Gasteiger charge is -2.24. The van der Waals surface area contributed by atoms with E-state index in [9.17, 15) is 14.0 Å². The minimum absolute atomic E-state index is 0.00727. The molecule has 2 aliphatic heterocycles. The Morgan fingerprint density at radius 2 is 1.93 bits per heavy atom. The van der Waals surface area contributed by atoms with Crippen LogP contribution in [-0.2, 0) is 11.3 Å². The van der Waals surface area contributed by atoms with Gasteiger partial charge >= 0.3 is 6.03 Å². The average Bonchev–Trinajstić information content (AvgIpc) is 3.23. The highest BCUT2D eigenvalue weighted by molar-refractivity contribution is 5.96. The fourth-order valence-electron chi connectivity index (χ4n) is 4.04. The van der Waals surface area contributed by atoms with Crippen molar-refractivity contribution in [3.05, 3.63) is 66.0 Å². The van der Waals surface area contributed by atoms with E-state index in [0.29, 0.717) is 38.3 Å². The van der Waals surface area contributed by atoms with Crippen LogP contribution in [0.1, 0.15) is 18.4 Å². The molecule has 1 unspecified atom stereocenters. The Bertz CT molecular complexity index is 858. The van der Waals surface area contributed by atoms with Crippen molar-refractivity contribution in [1.29, 1.82) is 0 Å². The molecule has 0 saturated carbocycles. The molecule has 0 bridgehead atoms. The molecular weight excluding hydrogens is 345 g/mol. The van der Waals surface area contributed by atoms with Gasteiger partial charge in [0.2, 0.25) is 5.91 Å². The van der Waals surface area contributed by atoms with Crippen LogP contribution in [0.2, 0.25) is 0 Å². The van der Waals surface area contributed by atoms with Crippen molar-refractivity contribution in [1.82, 2.24) is 10.2 Å². The molecule has 27 heavy (non-hydrogen) atoms. The van der Waals surface area contributed by atoms with E-state index in [4.69, 9.17) is 0 Å². The number of amides is 3. The Kier molecular flexibility index (Phi) is 4.56. The number of halogens is 1. The summed E-state index contributed by atoms with van der Waals surface area (Å²) in [5, 5.41) is 2.95. The molecule has 2 heterocycles. The quantitative estimate of drug-likeness (QED) is 0.906. The zero-order chi connectivity index (χ0) is 18.9. The fraction of sp³-hybridized carbons (Fsp3) is 0.333. The maximum absolute atomic E-state index is 13.5. The standard InChI is InChI=1S/C21H22FN3O2/c22-17-7-4-8-18(11-17)25-15-21(12-19(25)26)9-10-24(14-21)20(27)23-13-16-5-2-1-3-6-16/h1-8,11H,9-10,12-15H2,(H,23,27). The summed E-state index contributed by atoms with van der Waals surface area (Å²) in [6.07, 6.45) is 1.18. The van der Waals surface area contributed by atoms with Gasteiger partial charge < -0.3 is 15.1 Å². The summed E-state index contributed by atoms with van der Waals surface area (Å²) < 4.78 is 13.5. The molecule has 0 aromatic heterocycles. The van der Waals surface area contributed by atoms with Crippen LogP contribution >= 0.6 is 0 Å². The zero-order valence-corrected chi connectivity index (χ0v) is 15.0. The van der Waals surface area contributed by atoms with Gasteiger partial charge in [0.15, 0.2) is 0 Å². The Labute approximate surface area is 157 Å². The Morgan fingerprint density at radius 3 is 2.70 bits per heavy atom. The number of anilines is 1. The van der Waals surface area contributed by atoms with Gasteiger partial charge in [0.1, 0.15) is 5.82 Å². The van der Waals surface area contributed by atoms with Crippen molar-refractivity contribution < 1.29 is 14.0 Å². The van der Waals surface area contributed by atoms with Crippen LogP contribution in [0.3, 0.4) is 0 Å². The molecule has 2 saturated heterocycles. The van der Waals surface area contributed by atoms with Gasteiger partial charge in [0.05, 0.1) is 0 Å². The third-order valence-corrected chi connectivity index (χ3v) is 5.45. The van der Waals surface area contributed by atoms with Crippen LogP contribution in [0, 0.1) is 11.2 Å². The van der Waals surface area contributed by atoms with Crippen molar-refractivity contribution in [3.8, 4) is 0 Å². The molecule has 3 amide bonds. The van der Waals surface area contributed by atoms with E-state index in [1.54, 1.807) is 21.9 Å². The average molecular weight is 367 g/mol. The fourth-order valence-corrected chi connectivity index (χ4v) is 4.04. The van der Waals surface area contributed by atoms with Crippen molar-refractivity contribution >= 4 is 17.6 Å². The SMILES string of the molecule is O=C(NCc1ccccc1)N1CCC2(CC(=O)N(c3cccc(F)c3)C2)C1. The molecular formula is C21H22FN3O2. The second-order valence-electron chi connectivity index (χ2n) is 7.45. The molecule has 4 rings (SSSR count). The van der Waals surface area contributed by atoms with E-state index in [1.165, 1.54) is 12.1 Å². The number of rotatable bonds is 3. The predicted molar refractivity (Wildman–Crippen MR) is 101 cm³/mol. The van der Waals surface area contributed by atoms with Gasteiger partial charge in [-0.1, -0.05) is 36.4 Å². The third-order valence-electron chi connectivity index (χ3n) is 5.45. The number of likely N-dealkylation sites (tertiary alicyclic amines) is 1. The lowest BCUT2D eigenvalue weighted by Crippen LogP contribution is -2.40. The molecule has 6 heteroatoms. The molecule has 2 aromatic carbocycles. The van der Waals surface area contributed by atoms with E-state index < -0.39 is 0 Å². The first-order valence-electron chi connectivity index (χ1n) is 9.17. The molecule has 0 aliphatic carbocycles. The van der Waals surface area contributed by atoms with Crippen molar-refractivity contribution in [2.45, 2.75) is 19.4 Å². The van der Waals surface area contributed by atoms with Crippen LogP contribution in [0.4, 0.5) is 14.9 Å². The normalized spacial score (nSPS) is 21.9.